The molecule has 1 rings (SSSR count). The van der Waals surface area contributed by atoms with Crippen LogP contribution in [0, 0.1) is 0 Å². The van der Waals surface area contributed by atoms with Gasteiger partial charge in [0, 0.05) is 11.6 Å². The lowest BCUT2D eigenvalue weighted by atomic mass is 10.2. The maximum Gasteiger partial charge on any atom is 0.328 e. The number of carboxylic acid groups (broad SMARTS) is 1. The summed E-state index contributed by atoms with van der Waals surface area (Å²) < 4.78 is 5.09. The number of aliphatic carboxylic acids is 1. The van der Waals surface area contributed by atoms with E-state index in [0.29, 0.717) is 11.3 Å². The number of hydrogen-bond acceptors (Lipinski definition) is 3. The van der Waals surface area contributed by atoms with Crippen LogP contribution in [-0.4, -0.2) is 22.5 Å². The van der Waals surface area contributed by atoms with Crippen molar-refractivity contribution in [3.63, 3.8) is 0 Å². The molecule has 0 fully saturated rings. The summed E-state index contributed by atoms with van der Waals surface area (Å²) in [6, 6.07) is 6.87. The van der Waals surface area contributed by atoms with Gasteiger partial charge in [0.15, 0.2) is 6.29 Å². The number of aliphatic hydroxyl groups is 1. The molecule has 15 heavy (non-hydrogen) atoms. The van der Waals surface area contributed by atoms with E-state index in [-0.39, 0.29) is 0 Å². The first-order valence-electron chi connectivity index (χ1n) is 4.44. The van der Waals surface area contributed by atoms with Crippen LogP contribution in [0.3, 0.4) is 0 Å². The maximum atomic E-state index is 10.3. The third kappa shape index (κ3) is 3.83. The second kappa shape index (κ2) is 5.17. The van der Waals surface area contributed by atoms with Crippen LogP contribution in [-0.2, 0) is 4.79 Å². The van der Waals surface area contributed by atoms with Crippen molar-refractivity contribution in [2.75, 3.05) is 0 Å². The standard InChI is InChI=1S/C11H12O4/c1-8(12)15-10-5-3-2-4-9(10)6-7-11(13)14/h2-8,12H,1H3,(H,13,14)/b7-6+. The lowest BCUT2D eigenvalue weighted by Crippen LogP contribution is -2.10. The van der Waals surface area contributed by atoms with Gasteiger partial charge in [-0.05, 0) is 19.1 Å². The van der Waals surface area contributed by atoms with E-state index in [0.717, 1.165) is 6.08 Å². The van der Waals surface area contributed by atoms with Crippen molar-refractivity contribution in [1.82, 2.24) is 0 Å². The van der Waals surface area contributed by atoms with Crippen LogP contribution < -0.4 is 4.74 Å². The Balaban J connectivity index is 2.91. The number of para-hydroxylation sites is 1. The van der Waals surface area contributed by atoms with Gasteiger partial charge in [0.1, 0.15) is 5.75 Å². The van der Waals surface area contributed by atoms with Gasteiger partial charge in [0.05, 0.1) is 0 Å². The van der Waals surface area contributed by atoms with E-state index in [1.54, 1.807) is 24.3 Å². The van der Waals surface area contributed by atoms with E-state index >= 15 is 0 Å². The molecule has 0 aromatic heterocycles. The zero-order valence-corrected chi connectivity index (χ0v) is 8.25. The summed E-state index contributed by atoms with van der Waals surface area (Å²) >= 11 is 0. The second-order valence-corrected chi connectivity index (χ2v) is 2.93. The average molecular weight is 208 g/mol. The molecular formula is C11H12O4. The first kappa shape index (κ1) is 11.3. The van der Waals surface area contributed by atoms with E-state index in [2.05, 4.69) is 0 Å². The Bertz CT molecular complexity index is 369. The van der Waals surface area contributed by atoms with E-state index in [9.17, 15) is 4.79 Å². The molecule has 4 heteroatoms. The molecule has 1 aromatic carbocycles. The predicted octanol–water partition coefficient (Wildman–Crippen LogP) is 1.50. The van der Waals surface area contributed by atoms with E-state index in [1.807, 2.05) is 0 Å². The Morgan fingerprint density at radius 2 is 2.13 bits per heavy atom. The fourth-order valence-electron chi connectivity index (χ4n) is 1.07. The zero-order valence-electron chi connectivity index (χ0n) is 8.25. The summed E-state index contributed by atoms with van der Waals surface area (Å²) in [6.07, 6.45) is 1.51. The number of carboxylic acids is 1. The summed E-state index contributed by atoms with van der Waals surface area (Å²) in [5.41, 5.74) is 0.612. The van der Waals surface area contributed by atoms with Gasteiger partial charge in [-0.2, -0.15) is 0 Å². The Kier molecular flexibility index (Phi) is 3.88. The SMILES string of the molecule is CC(O)Oc1ccccc1/C=C/C(=O)O. The van der Waals surface area contributed by atoms with Crippen molar-refractivity contribution in [3.8, 4) is 5.75 Å². The van der Waals surface area contributed by atoms with Crippen LogP contribution in [0.1, 0.15) is 12.5 Å². The van der Waals surface area contributed by atoms with Crippen molar-refractivity contribution in [1.29, 1.82) is 0 Å². The number of hydrogen-bond donors (Lipinski definition) is 2. The highest BCUT2D eigenvalue weighted by Gasteiger charge is 2.02. The molecule has 1 aromatic rings. The largest absolute Gasteiger partial charge is 0.478 e. The fourth-order valence-corrected chi connectivity index (χ4v) is 1.07. The minimum Gasteiger partial charge on any atom is -0.478 e. The quantitative estimate of drug-likeness (QED) is 0.581. The van der Waals surface area contributed by atoms with Crippen LogP contribution in [0.25, 0.3) is 6.08 Å². The lowest BCUT2D eigenvalue weighted by Gasteiger charge is -2.10. The smallest absolute Gasteiger partial charge is 0.328 e. The van der Waals surface area contributed by atoms with E-state index in [1.165, 1.54) is 13.0 Å². The molecule has 1 unspecified atom stereocenters. The third-order valence-electron chi connectivity index (χ3n) is 1.62. The Morgan fingerprint density at radius 1 is 1.47 bits per heavy atom. The first-order valence-corrected chi connectivity index (χ1v) is 4.44. The Morgan fingerprint density at radius 3 is 2.73 bits per heavy atom. The molecule has 0 saturated heterocycles. The molecule has 0 aliphatic rings. The summed E-state index contributed by atoms with van der Waals surface area (Å²) in [5, 5.41) is 17.5. The average Bonchev–Trinajstić information content (AvgIpc) is 2.15. The topological polar surface area (TPSA) is 66.8 Å². The van der Waals surface area contributed by atoms with Crippen LogP contribution in [0.2, 0.25) is 0 Å². The van der Waals surface area contributed by atoms with Crippen LogP contribution >= 0.6 is 0 Å². The summed E-state index contributed by atoms with van der Waals surface area (Å²) in [6.45, 7) is 1.48. The molecule has 0 spiro atoms. The van der Waals surface area contributed by atoms with Crippen molar-refractivity contribution in [3.05, 3.63) is 35.9 Å². The molecule has 0 aliphatic heterocycles. The Labute approximate surface area is 87.4 Å². The Hall–Kier alpha value is -1.81. The van der Waals surface area contributed by atoms with Gasteiger partial charge >= 0.3 is 5.97 Å². The van der Waals surface area contributed by atoms with Crippen LogP contribution in [0.4, 0.5) is 0 Å². The maximum absolute atomic E-state index is 10.3. The van der Waals surface area contributed by atoms with Crippen molar-refractivity contribution >= 4 is 12.0 Å². The monoisotopic (exact) mass is 208 g/mol. The molecule has 0 saturated carbocycles. The van der Waals surface area contributed by atoms with Crippen LogP contribution in [0.15, 0.2) is 30.3 Å². The number of carbonyl (C=O) groups is 1. The van der Waals surface area contributed by atoms with E-state index in [4.69, 9.17) is 14.9 Å². The minimum atomic E-state index is -1.03. The van der Waals surface area contributed by atoms with Gasteiger partial charge < -0.3 is 14.9 Å². The summed E-state index contributed by atoms with van der Waals surface area (Å²) in [5.74, 6) is -0.577. The highest BCUT2D eigenvalue weighted by atomic mass is 16.6. The molecule has 0 bridgehead atoms. The summed E-state index contributed by atoms with van der Waals surface area (Å²) in [7, 11) is 0. The molecule has 1 atom stereocenters. The highest BCUT2D eigenvalue weighted by Crippen LogP contribution is 2.20. The molecule has 4 nitrogen and oxygen atoms in total. The van der Waals surface area contributed by atoms with Crippen molar-refractivity contribution in [2.45, 2.75) is 13.2 Å². The molecule has 2 N–H and O–H groups in total. The highest BCUT2D eigenvalue weighted by molar-refractivity contribution is 5.85. The molecule has 80 valence electrons. The molecule has 0 heterocycles. The number of ether oxygens (including phenoxy) is 1. The van der Waals surface area contributed by atoms with Gasteiger partial charge in [-0.25, -0.2) is 4.79 Å². The molecule has 0 amide bonds. The van der Waals surface area contributed by atoms with Crippen molar-refractivity contribution in [2.24, 2.45) is 0 Å². The zero-order chi connectivity index (χ0) is 11.3. The second-order valence-electron chi connectivity index (χ2n) is 2.93. The fraction of sp³-hybridized carbons (Fsp3) is 0.182. The molecule has 0 aliphatic carbocycles. The number of rotatable bonds is 4. The van der Waals surface area contributed by atoms with Gasteiger partial charge in [-0.3, -0.25) is 0 Å². The van der Waals surface area contributed by atoms with Gasteiger partial charge in [-0.15, -0.1) is 0 Å². The number of aliphatic hydroxyl groups excluding tert-OH is 1. The third-order valence-corrected chi connectivity index (χ3v) is 1.62. The predicted molar refractivity (Wildman–Crippen MR) is 55.4 cm³/mol. The first-order chi connectivity index (χ1) is 7.09. The minimum absolute atomic E-state index is 0.449. The number of benzene rings is 1. The van der Waals surface area contributed by atoms with Gasteiger partial charge in [0.2, 0.25) is 0 Å². The van der Waals surface area contributed by atoms with Gasteiger partial charge in [0.25, 0.3) is 0 Å². The molecule has 0 radical (unpaired) electrons. The van der Waals surface area contributed by atoms with Crippen molar-refractivity contribution < 1.29 is 19.7 Å². The molecular weight excluding hydrogens is 196 g/mol. The van der Waals surface area contributed by atoms with E-state index < -0.39 is 12.3 Å². The van der Waals surface area contributed by atoms with Crippen LogP contribution in [0.5, 0.6) is 5.75 Å². The lowest BCUT2D eigenvalue weighted by molar-refractivity contribution is -0.131. The normalized spacial score (nSPS) is 12.7. The summed E-state index contributed by atoms with van der Waals surface area (Å²) in [4.78, 5) is 10.3. The van der Waals surface area contributed by atoms with Gasteiger partial charge in [-0.1, -0.05) is 18.2 Å².